The first-order valence-electron chi connectivity index (χ1n) is 7.12. The molecular weight excluding hydrogens is 308 g/mol. The van der Waals surface area contributed by atoms with Crippen LogP contribution in [0.5, 0.6) is 5.75 Å². The summed E-state index contributed by atoms with van der Waals surface area (Å²) in [5.74, 6) is -1.06. The molecule has 1 aromatic heterocycles. The Hall–Kier alpha value is -3.47. The summed E-state index contributed by atoms with van der Waals surface area (Å²) in [5.41, 5.74) is 0.113. The van der Waals surface area contributed by atoms with Gasteiger partial charge in [-0.05, 0) is 23.8 Å². The van der Waals surface area contributed by atoms with Crippen LogP contribution in [0.2, 0.25) is 0 Å². The van der Waals surface area contributed by atoms with Crippen molar-refractivity contribution in [2.45, 2.75) is 0 Å². The molecule has 118 valence electrons. The van der Waals surface area contributed by atoms with Crippen molar-refractivity contribution >= 4 is 29.1 Å². The standard InChI is InChI=1S/C19H12O5/c20-11-13-7-5-12(6-8-13)9-10-15(21)17-18(22)14-3-1-2-4-16(14)24-19(17)23/h1-11,22H. The largest absolute Gasteiger partial charge is 0.506 e. The van der Waals surface area contributed by atoms with Gasteiger partial charge in [0.25, 0.3) is 0 Å². The normalized spacial score (nSPS) is 11.0. The van der Waals surface area contributed by atoms with E-state index in [1.165, 1.54) is 18.2 Å². The van der Waals surface area contributed by atoms with Crippen LogP contribution in [0.1, 0.15) is 26.3 Å². The molecule has 2 aromatic carbocycles. The molecule has 0 radical (unpaired) electrons. The van der Waals surface area contributed by atoms with Gasteiger partial charge in [-0.25, -0.2) is 4.79 Å². The second kappa shape index (κ2) is 6.34. The zero-order valence-corrected chi connectivity index (χ0v) is 12.4. The van der Waals surface area contributed by atoms with Gasteiger partial charge in [0.05, 0.1) is 5.39 Å². The van der Waals surface area contributed by atoms with Crippen LogP contribution < -0.4 is 5.63 Å². The van der Waals surface area contributed by atoms with Gasteiger partial charge in [0.2, 0.25) is 0 Å². The first kappa shape index (κ1) is 15.4. The number of carbonyl (C=O) groups is 2. The molecule has 0 amide bonds. The zero-order valence-electron chi connectivity index (χ0n) is 12.4. The summed E-state index contributed by atoms with van der Waals surface area (Å²) in [7, 11) is 0. The van der Waals surface area contributed by atoms with Crippen molar-refractivity contribution in [1.82, 2.24) is 0 Å². The van der Waals surface area contributed by atoms with Gasteiger partial charge < -0.3 is 9.52 Å². The van der Waals surface area contributed by atoms with E-state index in [4.69, 9.17) is 4.42 Å². The van der Waals surface area contributed by atoms with E-state index >= 15 is 0 Å². The fourth-order valence-corrected chi connectivity index (χ4v) is 2.29. The van der Waals surface area contributed by atoms with Crippen LogP contribution in [0.25, 0.3) is 17.0 Å². The number of aldehydes is 1. The summed E-state index contributed by atoms with van der Waals surface area (Å²) < 4.78 is 5.07. The molecule has 24 heavy (non-hydrogen) atoms. The van der Waals surface area contributed by atoms with E-state index in [2.05, 4.69) is 0 Å². The molecule has 1 heterocycles. The van der Waals surface area contributed by atoms with Gasteiger partial charge in [-0.1, -0.05) is 42.5 Å². The zero-order chi connectivity index (χ0) is 17.1. The highest BCUT2D eigenvalue weighted by Crippen LogP contribution is 2.26. The second-order valence-electron chi connectivity index (χ2n) is 5.09. The third-order valence-electron chi connectivity index (χ3n) is 3.53. The van der Waals surface area contributed by atoms with Crippen LogP contribution in [0.15, 0.2) is 63.8 Å². The lowest BCUT2D eigenvalue weighted by Gasteiger charge is -2.03. The third kappa shape index (κ3) is 2.87. The lowest BCUT2D eigenvalue weighted by molar-refractivity contribution is 0.104. The topological polar surface area (TPSA) is 84.6 Å². The van der Waals surface area contributed by atoms with Crippen LogP contribution in [-0.2, 0) is 0 Å². The van der Waals surface area contributed by atoms with Gasteiger partial charge in [0.15, 0.2) is 5.78 Å². The first-order valence-corrected chi connectivity index (χ1v) is 7.12. The van der Waals surface area contributed by atoms with Crippen LogP contribution in [0, 0.1) is 0 Å². The fraction of sp³-hybridized carbons (Fsp3) is 0. The molecule has 0 saturated carbocycles. The van der Waals surface area contributed by atoms with Gasteiger partial charge in [0.1, 0.15) is 23.2 Å². The molecule has 3 aromatic rings. The number of hydrogen-bond donors (Lipinski definition) is 1. The number of para-hydroxylation sites is 1. The average molecular weight is 320 g/mol. The number of fused-ring (bicyclic) bond motifs is 1. The number of carbonyl (C=O) groups excluding carboxylic acids is 2. The van der Waals surface area contributed by atoms with Crippen LogP contribution in [0.4, 0.5) is 0 Å². The maximum Gasteiger partial charge on any atom is 0.351 e. The monoisotopic (exact) mass is 320 g/mol. The minimum Gasteiger partial charge on any atom is -0.506 e. The lowest BCUT2D eigenvalue weighted by atomic mass is 10.1. The van der Waals surface area contributed by atoms with Crippen LogP contribution in [0.3, 0.4) is 0 Å². The molecule has 0 aliphatic carbocycles. The fourth-order valence-electron chi connectivity index (χ4n) is 2.29. The van der Waals surface area contributed by atoms with E-state index in [9.17, 15) is 19.5 Å². The highest BCUT2D eigenvalue weighted by atomic mass is 16.4. The van der Waals surface area contributed by atoms with Gasteiger partial charge in [-0.3, -0.25) is 9.59 Å². The molecule has 0 aliphatic heterocycles. The van der Waals surface area contributed by atoms with E-state index in [1.54, 1.807) is 42.5 Å². The molecule has 0 bridgehead atoms. The number of aromatic hydroxyl groups is 1. The van der Waals surface area contributed by atoms with Crippen LogP contribution >= 0.6 is 0 Å². The third-order valence-corrected chi connectivity index (χ3v) is 3.53. The van der Waals surface area contributed by atoms with E-state index in [0.717, 1.165) is 6.29 Å². The number of rotatable bonds is 4. The summed E-state index contributed by atoms with van der Waals surface area (Å²) in [6, 6.07) is 13.0. The van der Waals surface area contributed by atoms with Crippen molar-refractivity contribution in [2.24, 2.45) is 0 Å². The van der Waals surface area contributed by atoms with Gasteiger partial charge in [0, 0.05) is 5.56 Å². The Labute approximate surface area is 136 Å². The van der Waals surface area contributed by atoms with Crippen molar-refractivity contribution in [3.63, 3.8) is 0 Å². The maximum atomic E-state index is 12.3. The molecule has 1 N–H and O–H groups in total. The molecule has 0 atom stereocenters. The Kier molecular flexibility index (Phi) is 4.07. The van der Waals surface area contributed by atoms with Gasteiger partial charge in [-0.15, -0.1) is 0 Å². The smallest absolute Gasteiger partial charge is 0.351 e. The van der Waals surface area contributed by atoms with E-state index < -0.39 is 22.7 Å². The second-order valence-corrected chi connectivity index (χ2v) is 5.09. The molecule has 0 saturated heterocycles. The van der Waals surface area contributed by atoms with E-state index in [-0.39, 0.29) is 5.58 Å². The lowest BCUT2D eigenvalue weighted by Crippen LogP contribution is -2.12. The van der Waals surface area contributed by atoms with Crippen molar-refractivity contribution in [2.75, 3.05) is 0 Å². The first-order chi connectivity index (χ1) is 11.6. The quantitative estimate of drug-likeness (QED) is 0.345. The van der Waals surface area contributed by atoms with Crippen molar-refractivity contribution in [3.05, 3.63) is 81.7 Å². The summed E-state index contributed by atoms with van der Waals surface area (Å²) in [5, 5.41) is 10.5. The SMILES string of the molecule is O=Cc1ccc(C=CC(=O)c2c(O)c3ccccc3oc2=O)cc1. The molecule has 5 heteroatoms. The average Bonchev–Trinajstić information content (AvgIpc) is 2.60. The highest BCUT2D eigenvalue weighted by Gasteiger charge is 2.18. The molecule has 3 rings (SSSR count). The molecule has 0 unspecified atom stereocenters. The summed E-state index contributed by atoms with van der Waals surface area (Å²) >= 11 is 0. The highest BCUT2D eigenvalue weighted by molar-refractivity contribution is 6.10. The Bertz CT molecular complexity index is 1010. The molecular formula is C19H12O5. The van der Waals surface area contributed by atoms with E-state index in [0.29, 0.717) is 16.5 Å². The number of benzene rings is 2. The van der Waals surface area contributed by atoms with Gasteiger partial charge in [-0.2, -0.15) is 0 Å². The van der Waals surface area contributed by atoms with Crippen molar-refractivity contribution < 1.29 is 19.1 Å². The summed E-state index contributed by atoms with van der Waals surface area (Å²) in [6.07, 6.45) is 3.39. The number of hydrogen-bond acceptors (Lipinski definition) is 5. The molecule has 0 spiro atoms. The van der Waals surface area contributed by atoms with Crippen LogP contribution in [-0.4, -0.2) is 17.2 Å². The minimum atomic E-state index is -0.892. The van der Waals surface area contributed by atoms with Gasteiger partial charge >= 0.3 is 5.63 Å². The molecule has 0 aliphatic rings. The Morgan fingerprint density at radius 2 is 1.67 bits per heavy atom. The number of ketones is 1. The summed E-state index contributed by atoms with van der Waals surface area (Å²) in [4.78, 5) is 34.8. The van der Waals surface area contributed by atoms with Crippen molar-refractivity contribution in [3.8, 4) is 5.75 Å². The summed E-state index contributed by atoms with van der Waals surface area (Å²) in [6.45, 7) is 0. The predicted octanol–water partition coefficient (Wildman–Crippen LogP) is 3.21. The van der Waals surface area contributed by atoms with E-state index in [1.807, 2.05) is 0 Å². The Morgan fingerprint density at radius 1 is 1.00 bits per heavy atom. The number of allylic oxidation sites excluding steroid dienone is 1. The Morgan fingerprint density at radius 3 is 2.38 bits per heavy atom. The van der Waals surface area contributed by atoms with Crippen molar-refractivity contribution in [1.29, 1.82) is 0 Å². The Balaban J connectivity index is 1.97. The molecule has 0 fully saturated rings. The maximum absolute atomic E-state index is 12.3. The molecule has 5 nitrogen and oxygen atoms in total. The predicted molar refractivity (Wildman–Crippen MR) is 89.3 cm³/mol. The minimum absolute atomic E-state index is 0.213.